The summed E-state index contributed by atoms with van der Waals surface area (Å²) in [6.45, 7) is 6.45. The van der Waals surface area contributed by atoms with Crippen LogP contribution in [-0.2, 0) is 11.2 Å². The fourth-order valence-corrected chi connectivity index (χ4v) is 5.42. The molecule has 0 amide bonds. The Morgan fingerprint density at radius 2 is 1.71 bits per heavy atom. The molecule has 0 N–H and O–H groups in total. The predicted octanol–water partition coefficient (Wildman–Crippen LogP) is 6.59. The summed E-state index contributed by atoms with van der Waals surface area (Å²) in [5.74, 6) is 1.02. The van der Waals surface area contributed by atoms with E-state index in [1.165, 1.54) is 0 Å². The van der Waals surface area contributed by atoms with Gasteiger partial charge in [0.15, 0.2) is 11.5 Å². The Kier molecular flexibility index (Phi) is 5.56. The van der Waals surface area contributed by atoms with Crippen molar-refractivity contribution < 1.29 is 19.0 Å². The monoisotopic (exact) mass is 455 g/mol. The van der Waals surface area contributed by atoms with E-state index >= 15 is 0 Å². The highest BCUT2D eigenvalue weighted by molar-refractivity contribution is 6.09. The molecule has 174 valence electrons. The summed E-state index contributed by atoms with van der Waals surface area (Å²) >= 11 is 0. The predicted molar refractivity (Wildman–Crippen MR) is 135 cm³/mol. The molecule has 5 heteroatoms. The van der Waals surface area contributed by atoms with Gasteiger partial charge in [0.2, 0.25) is 0 Å². The van der Waals surface area contributed by atoms with Gasteiger partial charge in [-0.25, -0.2) is 4.79 Å². The molecular weight excluding hydrogens is 426 g/mol. The van der Waals surface area contributed by atoms with Crippen LogP contribution in [0, 0.1) is 6.92 Å². The number of rotatable bonds is 5. The molecule has 1 atom stereocenters. The average Bonchev–Trinajstić information content (AvgIpc) is 3.16. The maximum Gasteiger partial charge on any atom is 0.340 e. The molecule has 2 heterocycles. The van der Waals surface area contributed by atoms with E-state index in [1.807, 2.05) is 37.3 Å². The Morgan fingerprint density at radius 1 is 1.00 bits per heavy atom. The van der Waals surface area contributed by atoms with Crippen molar-refractivity contribution in [2.75, 3.05) is 20.8 Å². The molecule has 34 heavy (non-hydrogen) atoms. The molecule has 1 aliphatic heterocycles. The number of nitrogens with zero attached hydrogens (tertiary/aromatic N) is 1. The van der Waals surface area contributed by atoms with Gasteiger partial charge in [-0.3, -0.25) is 0 Å². The molecule has 0 saturated heterocycles. The number of ether oxygens (including phenoxy) is 3. The third-order valence-corrected chi connectivity index (χ3v) is 6.81. The number of hydrogen-bond donors (Lipinski definition) is 0. The molecule has 0 aliphatic carbocycles. The zero-order valence-electron chi connectivity index (χ0n) is 20.3. The molecule has 0 saturated carbocycles. The number of methoxy groups -OCH3 is 2. The van der Waals surface area contributed by atoms with Crippen LogP contribution >= 0.6 is 0 Å². The van der Waals surface area contributed by atoms with Gasteiger partial charge in [0, 0.05) is 22.9 Å². The van der Waals surface area contributed by atoms with Crippen LogP contribution in [0.1, 0.15) is 41.5 Å². The van der Waals surface area contributed by atoms with Crippen molar-refractivity contribution in [2.45, 2.75) is 33.2 Å². The van der Waals surface area contributed by atoms with Crippen LogP contribution in [0.25, 0.3) is 33.2 Å². The maximum absolute atomic E-state index is 13.6. The van der Waals surface area contributed by atoms with Crippen LogP contribution in [0.2, 0.25) is 0 Å². The zero-order valence-corrected chi connectivity index (χ0v) is 20.3. The van der Waals surface area contributed by atoms with E-state index < -0.39 is 0 Å². The molecule has 1 aliphatic rings. The summed E-state index contributed by atoms with van der Waals surface area (Å²) in [6, 6.07) is 18.7. The summed E-state index contributed by atoms with van der Waals surface area (Å²) < 4.78 is 19.1. The number of fused-ring (bicyclic) bond motifs is 4. The van der Waals surface area contributed by atoms with Crippen LogP contribution in [0.15, 0.2) is 54.6 Å². The third-order valence-electron chi connectivity index (χ3n) is 6.81. The highest BCUT2D eigenvalue weighted by Crippen LogP contribution is 2.48. The van der Waals surface area contributed by atoms with Crippen LogP contribution in [0.5, 0.6) is 11.5 Å². The molecule has 0 bridgehead atoms. The number of carbonyl (C=O) groups excluding carboxylic acids is 1. The van der Waals surface area contributed by atoms with E-state index in [0.29, 0.717) is 23.7 Å². The first-order valence-electron chi connectivity index (χ1n) is 11.6. The lowest BCUT2D eigenvalue weighted by molar-refractivity contribution is 0.0528. The largest absolute Gasteiger partial charge is 0.493 e. The number of hydrogen-bond acceptors (Lipinski definition) is 4. The highest BCUT2D eigenvalue weighted by atomic mass is 16.5. The van der Waals surface area contributed by atoms with Crippen LogP contribution in [0.4, 0.5) is 0 Å². The molecule has 3 aromatic carbocycles. The number of aromatic nitrogens is 1. The van der Waals surface area contributed by atoms with Gasteiger partial charge in [-0.1, -0.05) is 42.5 Å². The number of carbonyl (C=O) groups is 1. The summed E-state index contributed by atoms with van der Waals surface area (Å²) in [4.78, 5) is 13.6. The summed E-state index contributed by atoms with van der Waals surface area (Å²) in [7, 11) is 3.28. The average molecular weight is 456 g/mol. The lowest BCUT2D eigenvalue weighted by Gasteiger charge is -2.28. The topological polar surface area (TPSA) is 49.7 Å². The molecule has 5 rings (SSSR count). The van der Waals surface area contributed by atoms with Crippen molar-refractivity contribution in [3.8, 4) is 33.9 Å². The van der Waals surface area contributed by atoms with Crippen molar-refractivity contribution in [3.05, 3.63) is 71.4 Å². The minimum absolute atomic E-state index is 0.164. The van der Waals surface area contributed by atoms with E-state index in [9.17, 15) is 4.79 Å². The molecule has 0 radical (unpaired) electrons. The Labute approximate surface area is 199 Å². The molecule has 5 nitrogen and oxygen atoms in total. The second kappa shape index (κ2) is 8.56. The van der Waals surface area contributed by atoms with Gasteiger partial charge in [-0.15, -0.1) is 0 Å². The molecule has 4 aromatic rings. The van der Waals surface area contributed by atoms with Gasteiger partial charge in [-0.2, -0.15) is 0 Å². The first-order chi connectivity index (χ1) is 16.5. The van der Waals surface area contributed by atoms with Gasteiger partial charge in [0.05, 0.1) is 32.1 Å². The van der Waals surface area contributed by atoms with Crippen molar-refractivity contribution in [1.82, 2.24) is 4.57 Å². The second-order valence-electron chi connectivity index (χ2n) is 8.72. The van der Waals surface area contributed by atoms with E-state index in [0.717, 1.165) is 50.8 Å². The zero-order chi connectivity index (χ0) is 24.0. The molecule has 0 spiro atoms. The maximum atomic E-state index is 13.6. The SMILES string of the molecule is CCOC(=O)c1c(-c2cccc3ccccc23)c(C)n2c1-c1cc(OC)c(OC)cc1C[C@@H]2C. The Bertz CT molecular complexity index is 1410. The second-order valence-corrected chi connectivity index (χ2v) is 8.72. The Hall–Kier alpha value is -3.73. The van der Waals surface area contributed by atoms with Crippen LogP contribution in [0.3, 0.4) is 0 Å². The van der Waals surface area contributed by atoms with Crippen LogP contribution in [-0.4, -0.2) is 31.4 Å². The minimum atomic E-state index is -0.308. The molecular formula is C29H29NO4. The number of benzene rings is 3. The van der Waals surface area contributed by atoms with E-state index in [2.05, 4.69) is 42.7 Å². The molecule has 1 aromatic heterocycles. The quantitative estimate of drug-likeness (QED) is 0.318. The molecule has 0 fully saturated rings. The number of esters is 1. The standard InChI is InChI=1S/C29H29NO4/c1-6-34-29(31)27-26(22-13-9-11-19-10-7-8-12-21(19)22)18(3)30-17(2)14-20-15-24(32-4)25(33-5)16-23(20)28(27)30/h7-13,15-17H,6,14H2,1-5H3/t17-/m0/s1. The fraction of sp³-hybridized carbons (Fsp3) is 0.276. The Balaban J connectivity index is 1.89. The third kappa shape index (κ3) is 3.26. The minimum Gasteiger partial charge on any atom is -0.493 e. The van der Waals surface area contributed by atoms with E-state index in [1.54, 1.807) is 14.2 Å². The van der Waals surface area contributed by atoms with Crippen molar-refractivity contribution in [3.63, 3.8) is 0 Å². The van der Waals surface area contributed by atoms with Crippen LogP contribution < -0.4 is 9.47 Å². The van der Waals surface area contributed by atoms with Gasteiger partial charge in [0.1, 0.15) is 0 Å². The van der Waals surface area contributed by atoms with Gasteiger partial charge >= 0.3 is 5.97 Å². The van der Waals surface area contributed by atoms with E-state index in [-0.39, 0.29) is 12.0 Å². The summed E-state index contributed by atoms with van der Waals surface area (Å²) in [5, 5.41) is 2.25. The van der Waals surface area contributed by atoms with Gasteiger partial charge in [-0.05, 0) is 61.2 Å². The summed E-state index contributed by atoms with van der Waals surface area (Å²) in [5.41, 5.74) is 6.62. The van der Waals surface area contributed by atoms with Crippen molar-refractivity contribution in [1.29, 1.82) is 0 Å². The normalized spacial score (nSPS) is 14.4. The smallest absolute Gasteiger partial charge is 0.340 e. The van der Waals surface area contributed by atoms with Gasteiger partial charge in [0.25, 0.3) is 0 Å². The Morgan fingerprint density at radius 3 is 2.44 bits per heavy atom. The summed E-state index contributed by atoms with van der Waals surface area (Å²) in [6.07, 6.45) is 0.829. The fourth-order valence-electron chi connectivity index (χ4n) is 5.42. The van der Waals surface area contributed by atoms with Crippen molar-refractivity contribution in [2.24, 2.45) is 0 Å². The first kappa shape index (κ1) is 22.1. The van der Waals surface area contributed by atoms with Gasteiger partial charge < -0.3 is 18.8 Å². The lowest BCUT2D eigenvalue weighted by atomic mass is 9.90. The highest BCUT2D eigenvalue weighted by Gasteiger charge is 2.35. The first-order valence-corrected chi connectivity index (χ1v) is 11.6. The van der Waals surface area contributed by atoms with E-state index in [4.69, 9.17) is 14.2 Å². The van der Waals surface area contributed by atoms with Crippen molar-refractivity contribution >= 4 is 16.7 Å². The molecule has 0 unspecified atom stereocenters. The lowest BCUT2D eigenvalue weighted by Crippen LogP contribution is -2.18.